The van der Waals surface area contributed by atoms with Crippen LogP contribution in [0, 0.1) is 11.3 Å². The van der Waals surface area contributed by atoms with Gasteiger partial charge in [-0.2, -0.15) is 5.26 Å². The Morgan fingerprint density at radius 1 is 1.23 bits per heavy atom. The van der Waals surface area contributed by atoms with E-state index in [0.717, 1.165) is 0 Å². The summed E-state index contributed by atoms with van der Waals surface area (Å²) in [6, 6.07) is 13.3. The van der Waals surface area contributed by atoms with Crippen LogP contribution in [0.2, 0.25) is 10.0 Å². The fraction of sp³-hybridized carbons (Fsp3) is 0.105. The van der Waals surface area contributed by atoms with Gasteiger partial charge in [-0.25, -0.2) is 4.79 Å². The van der Waals surface area contributed by atoms with E-state index >= 15 is 0 Å². The predicted octanol–water partition coefficient (Wildman–Crippen LogP) is 4.45. The van der Waals surface area contributed by atoms with E-state index in [1.807, 2.05) is 6.07 Å². The smallest absolute Gasteiger partial charge is 0.331 e. The number of nitrogens with zero attached hydrogens (tertiary/aromatic N) is 1. The summed E-state index contributed by atoms with van der Waals surface area (Å²) < 4.78 is 5.05. The summed E-state index contributed by atoms with van der Waals surface area (Å²) in [7, 11) is 0. The number of halogens is 2. The first-order chi connectivity index (χ1) is 12.4. The number of hydrogen-bond acceptors (Lipinski definition) is 4. The lowest BCUT2D eigenvalue weighted by molar-refractivity contribution is -0.148. The quantitative estimate of drug-likeness (QED) is 0.605. The van der Waals surface area contributed by atoms with Crippen LogP contribution in [0.5, 0.6) is 0 Å². The molecule has 0 bridgehead atoms. The van der Waals surface area contributed by atoms with E-state index in [4.69, 9.17) is 33.2 Å². The van der Waals surface area contributed by atoms with Crippen molar-refractivity contribution in [1.82, 2.24) is 0 Å². The number of rotatable bonds is 5. The molecule has 0 saturated carbocycles. The number of esters is 1. The number of carbonyl (C=O) groups is 2. The van der Waals surface area contributed by atoms with Gasteiger partial charge in [-0.1, -0.05) is 35.3 Å². The number of nitrogens with one attached hydrogen (secondary N) is 1. The molecule has 0 saturated heterocycles. The Balaban J connectivity index is 1.94. The Morgan fingerprint density at radius 2 is 2.00 bits per heavy atom. The normalized spacial score (nSPS) is 11.6. The van der Waals surface area contributed by atoms with Gasteiger partial charge in [0.15, 0.2) is 6.10 Å². The molecule has 1 N–H and O–H groups in total. The van der Waals surface area contributed by atoms with Crippen LogP contribution < -0.4 is 5.32 Å². The van der Waals surface area contributed by atoms with Crippen molar-refractivity contribution in [2.24, 2.45) is 0 Å². The van der Waals surface area contributed by atoms with Crippen molar-refractivity contribution in [2.75, 3.05) is 5.32 Å². The second-order valence-corrected chi connectivity index (χ2v) is 6.10. The third-order valence-corrected chi connectivity index (χ3v) is 3.85. The molecule has 0 aliphatic heterocycles. The Bertz CT molecular complexity index is 904. The average molecular weight is 389 g/mol. The lowest BCUT2D eigenvalue weighted by atomic mass is 10.2. The van der Waals surface area contributed by atoms with Gasteiger partial charge in [0.05, 0.1) is 11.6 Å². The molecule has 7 heteroatoms. The van der Waals surface area contributed by atoms with E-state index in [1.165, 1.54) is 25.1 Å². The first-order valence-corrected chi connectivity index (χ1v) is 8.29. The molecule has 2 rings (SSSR count). The maximum Gasteiger partial charge on any atom is 0.331 e. The van der Waals surface area contributed by atoms with Crippen LogP contribution in [0.1, 0.15) is 18.1 Å². The summed E-state index contributed by atoms with van der Waals surface area (Å²) in [4.78, 5) is 23.9. The fourth-order valence-electron chi connectivity index (χ4n) is 1.97. The van der Waals surface area contributed by atoms with Gasteiger partial charge >= 0.3 is 5.97 Å². The average Bonchev–Trinajstić information content (AvgIpc) is 2.61. The van der Waals surface area contributed by atoms with E-state index in [1.54, 1.807) is 36.4 Å². The summed E-state index contributed by atoms with van der Waals surface area (Å²) in [5.41, 5.74) is 1.45. The standard InChI is InChI=1S/C19H14Cl2N2O3/c1-12(19(25)23-16-4-2-3-13(9-16)11-22)26-18(24)8-6-14-5-7-15(20)10-17(14)21/h2-10,12H,1H3,(H,23,25)/b8-6+/t12-/m1/s1. The monoisotopic (exact) mass is 388 g/mol. The Kier molecular flexibility index (Phi) is 6.79. The van der Waals surface area contributed by atoms with E-state index in [9.17, 15) is 9.59 Å². The van der Waals surface area contributed by atoms with Gasteiger partial charge in [0, 0.05) is 21.8 Å². The lowest BCUT2D eigenvalue weighted by Gasteiger charge is -2.12. The number of hydrogen-bond donors (Lipinski definition) is 1. The van der Waals surface area contributed by atoms with Gasteiger partial charge in [-0.15, -0.1) is 0 Å². The zero-order chi connectivity index (χ0) is 19.1. The van der Waals surface area contributed by atoms with Crippen molar-refractivity contribution in [3.63, 3.8) is 0 Å². The molecule has 2 aromatic rings. The minimum absolute atomic E-state index is 0.393. The zero-order valence-electron chi connectivity index (χ0n) is 13.7. The van der Waals surface area contributed by atoms with Crippen molar-refractivity contribution in [3.05, 3.63) is 69.7 Å². The molecule has 0 spiro atoms. The maximum absolute atomic E-state index is 12.1. The minimum atomic E-state index is -1.02. The highest BCUT2D eigenvalue weighted by Gasteiger charge is 2.16. The van der Waals surface area contributed by atoms with Gasteiger partial charge < -0.3 is 10.1 Å². The number of amides is 1. The minimum Gasteiger partial charge on any atom is -0.449 e. The van der Waals surface area contributed by atoms with Gasteiger partial charge in [0.25, 0.3) is 5.91 Å². The van der Waals surface area contributed by atoms with Gasteiger partial charge in [0.1, 0.15) is 0 Å². The highest BCUT2D eigenvalue weighted by atomic mass is 35.5. The van der Waals surface area contributed by atoms with Crippen molar-refractivity contribution in [2.45, 2.75) is 13.0 Å². The van der Waals surface area contributed by atoms with Crippen LogP contribution in [0.15, 0.2) is 48.5 Å². The molecule has 0 fully saturated rings. The molecule has 0 unspecified atom stereocenters. The maximum atomic E-state index is 12.1. The second kappa shape index (κ2) is 9.04. The number of carbonyl (C=O) groups excluding carboxylic acids is 2. The molecule has 2 aromatic carbocycles. The third-order valence-electron chi connectivity index (χ3n) is 3.28. The second-order valence-electron chi connectivity index (χ2n) is 5.26. The Labute approximate surface area is 160 Å². The summed E-state index contributed by atoms with van der Waals surface area (Å²) in [6.07, 6.45) is 1.63. The number of benzene rings is 2. The van der Waals surface area contributed by atoms with Crippen molar-refractivity contribution >= 4 is 46.8 Å². The van der Waals surface area contributed by atoms with Crippen LogP contribution in [0.25, 0.3) is 6.08 Å². The summed E-state index contributed by atoms with van der Waals surface area (Å²) >= 11 is 11.8. The van der Waals surface area contributed by atoms with Crippen molar-refractivity contribution in [1.29, 1.82) is 5.26 Å². The molecule has 0 aliphatic rings. The molecular weight excluding hydrogens is 375 g/mol. The topological polar surface area (TPSA) is 79.2 Å². The van der Waals surface area contributed by atoms with Crippen LogP contribution in [-0.4, -0.2) is 18.0 Å². The van der Waals surface area contributed by atoms with Crippen LogP contribution in [-0.2, 0) is 14.3 Å². The summed E-state index contributed by atoms with van der Waals surface area (Å²) in [5.74, 6) is -1.20. The van der Waals surface area contributed by atoms with E-state index in [0.29, 0.717) is 26.9 Å². The van der Waals surface area contributed by atoms with E-state index in [2.05, 4.69) is 5.32 Å². The molecule has 1 atom stereocenters. The fourth-order valence-corrected chi connectivity index (χ4v) is 2.44. The molecule has 1 amide bonds. The first-order valence-electron chi connectivity index (χ1n) is 7.54. The van der Waals surface area contributed by atoms with Gasteiger partial charge in [-0.3, -0.25) is 4.79 Å². The largest absolute Gasteiger partial charge is 0.449 e. The van der Waals surface area contributed by atoms with Crippen LogP contribution in [0.4, 0.5) is 5.69 Å². The Hall–Kier alpha value is -2.81. The van der Waals surface area contributed by atoms with Crippen LogP contribution in [0.3, 0.4) is 0 Å². The molecule has 0 aliphatic carbocycles. The predicted molar refractivity (Wildman–Crippen MR) is 101 cm³/mol. The molecular formula is C19H14Cl2N2O3. The van der Waals surface area contributed by atoms with Gasteiger partial charge in [0.2, 0.25) is 0 Å². The molecule has 132 valence electrons. The zero-order valence-corrected chi connectivity index (χ0v) is 15.2. The van der Waals surface area contributed by atoms with E-state index in [-0.39, 0.29) is 0 Å². The lowest BCUT2D eigenvalue weighted by Crippen LogP contribution is -2.29. The summed E-state index contributed by atoms with van der Waals surface area (Å²) in [5, 5.41) is 12.3. The van der Waals surface area contributed by atoms with Crippen LogP contribution >= 0.6 is 23.2 Å². The summed E-state index contributed by atoms with van der Waals surface area (Å²) in [6.45, 7) is 1.45. The molecule has 5 nitrogen and oxygen atoms in total. The van der Waals surface area contributed by atoms with E-state index < -0.39 is 18.0 Å². The van der Waals surface area contributed by atoms with Gasteiger partial charge in [-0.05, 0) is 48.9 Å². The highest BCUT2D eigenvalue weighted by Crippen LogP contribution is 2.22. The number of nitriles is 1. The Morgan fingerprint density at radius 3 is 2.69 bits per heavy atom. The molecule has 0 radical (unpaired) electrons. The number of anilines is 1. The molecule has 0 heterocycles. The van der Waals surface area contributed by atoms with Crippen molar-refractivity contribution in [3.8, 4) is 6.07 Å². The number of ether oxygens (including phenoxy) is 1. The first kappa shape index (κ1) is 19.5. The van der Waals surface area contributed by atoms with Crippen molar-refractivity contribution < 1.29 is 14.3 Å². The highest BCUT2D eigenvalue weighted by molar-refractivity contribution is 6.35. The molecule has 0 aromatic heterocycles. The SMILES string of the molecule is C[C@@H](OC(=O)/C=C/c1ccc(Cl)cc1Cl)C(=O)Nc1cccc(C#N)c1. The molecule has 26 heavy (non-hydrogen) atoms. The third kappa shape index (κ3) is 5.62.